The van der Waals surface area contributed by atoms with E-state index in [0.29, 0.717) is 16.7 Å². The first-order valence-corrected chi connectivity index (χ1v) is 5.43. The van der Waals surface area contributed by atoms with Crippen LogP contribution in [-0.4, -0.2) is 21.8 Å². The molecule has 0 bridgehead atoms. The Morgan fingerprint density at radius 2 is 1.59 bits per heavy atom. The average molecular weight is 238 g/mol. The van der Waals surface area contributed by atoms with Gasteiger partial charge in [-0.3, -0.25) is 0 Å². The van der Waals surface area contributed by atoms with Gasteiger partial charge in [0.15, 0.2) is 0 Å². The molecule has 0 heterocycles. The molecule has 0 radical (unpaired) electrons. The zero-order valence-corrected chi connectivity index (χ0v) is 10.4. The number of benzene rings is 1. The van der Waals surface area contributed by atoms with Crippen LogP contribution in [-0.2, 0) is 18.0 Å². The van der Waals surface area contributed by atoms with Crippen molar-refractivity contribution < 1.29 is 19.7 Å². The molecule has 1 rings (SSSR count). The number of carbonyl (C=O) groups excluding carboxylic acids is 1. The Kier molecular flexibility index (Phi) is 4.26. The van der Waals surface area contributed by atoms with Gasteiger partial charge in [0.25, 0.3) is 0 Å². The molecule has 0 fully saturated rings. The van der Waals surface area contributed by atoms with Crippen LogP contribution in [0.15, 0.2) is 18.2 Å². The summed E-state index contributed by atoms with van der Waals surface area (Å²) in [5, 5.41) is 18.1. The van der Waals surface area contributed by atoms with Crippen molar-refractivity contribution in [1.29, 1.82) is 0 Å². The Labute approximate surface area is 101 Å². The number of aliphatic hydroxyl groups excluding tert-OH is 2. The predicted molar refractivity (Wildman–Crippen MR) is 63.5 cm³/mol. The van der Waals surface area contributed by atoms with Crippen LogP contribution in [0.25, 0.3) is 0 Å². The summed E-state index contributed by atoms with van der Waals surface area (Å²) in [7, 11) is 0. The molecular formula is C13H18O4. The minimum atomic E-state index is -0.564. The Hall–Kier alpha value is -1.39. The average Bonchev–Trinajstić information content (AvgIpc) is 2.26. The Balaban J connectivity index is 3.00. The third-order valence-electron chi connectivity index (χ3n) is 2.05. The summed E-state index contributed by atoms with van der Waals surface area (Å²) in [5.74, 6) is -0.456. The van der Waals surface area contributed by atoms with Gasteiger partial charge in [-0.25, -0.2) is 4.79 Å². The van der Waals surface area contributed by atoms with Gasteiger partial charge >= 0.3 is 5.97 Å². The summed E-state index contributed by atoms with van der Waals surface area (Å²) in [4.78, 5) is 11.8. The van der Waals surface area contributed by atoms with Gasteiger partial charge < -0.3 is 14.9 Å². The lowest BCUT2D eigenvalue weighted by Gasteiger charge is -2.19. The Bertz CT molecular complexity index is 382. The highest BCUT2D eigenvalue weighted by molar-refractivity contribution is 5.90. The molecular weight excluding hydrogens is 220 g/mol. The second kappa shape index (κ2) is 5.29. The molecule has 2 N–H and O–H groups in total. The van der Waals surface area contributed by atoms with Gasteiger partial charge in [0.1, 0.15) is 5.60 Å². The third-order valence-corrected chi connectivity index (χ3v) is 2.05. The zero-order valence-electron chi connectivity index (χ0n) is 10.4. The van der Waals surface area contributed by atoms with Crippen molar-refractivity contribution in [3.05, 3.63) is 34.9 Å². The van der Waals surface area contributed by atoms with Crippen LogP contribution in [0.4, 0.5) is 0 Å². The van der Waals surface area contributed by atoms with E-state index < -0.39 is 11.6 Å². The summed E-state index contributed by atoms with van der Waals surface area (Å²) in [6, 6.07) is 4.77. The van der Waals surface area contributed by atoms with Crippen molar-refractivity contribution in [2.75, 3.05) is 0 Å². The molecule has 1 aromatic carbocycles. The van der Waals surface area contributed by atoms with Gasteiger partial charge in [-0.05, 0) is 44.0 Å². The SMILES string of the molecule is CC(C)(C)OC(=O)c1cc(CO)cc(CO)c1. The number of ether oxygens (including phenoxy) is 1. The normalized spacial score (nSPS) is 11.4. The second-order valence-electron chi connectivity index (χ2n) is 4.86. The van der Waals surface area contributed by atoms with Gasteiger partial charge in [-0.15, -0.1) is 0 Å². The van der Waals surface area contributed by atoms with Crippen molar-refractivity contribution >= 4 is 5.97 Å². The largest absolute Gasteiger partial charge is 0.456 e. The molecule has 0 saturated heterocycles. The summed E-state index contributed by atoms with van der Waals surface area (Å²) < 4.78 is 5.22. The van der Waals surface area contributed by atoms with E-state index >= 15 is 0 Å². The number of hydrogen-bond donors (Lipinski definition) is 2. The Morgan fingerprint density at radius 3 is 1.94 bits per heavy atom. The van der Waals surface area contributed by atoms with Crippen molar-refractivity contribution in [1.82, 2.24) is 0 Å². The van der Waals surface area contributed by atoms with Crippen LogP contribution in [0.5, 0.6) is 0 Å². The molecule has 0 aliphatic rings. The van der Waals surface area contributed by atoms with Gasteiger partial charge in [-0.1, -0.05) is 6.07 Å². The number of rotatable bonds is 3. The van der Waals surface area contributed by atoms with E-state index in [4.69, 9.17) is 14.9 Å². The molecule has 1 aromatic rings. The van der Waals surface area contributed by atoms with Gasteiger partial charge in [-0.2, -0.15) is 0 Å². The first kappa shape index (κ1) is 13.7. The molecule has 4 heteroatoms. The molecule has 0 atom stereocenters. The van der Waals surface area contributed by atoms with Crippen LogP contribution < -0.4 is 0 Å². The highest BCUT2D eigenvalue weighted by Crippen LogP contribution is 2.16. The molecule has 0 saturated carbocycles. The van der Waals surface area contributed by atoms with E-state index in [9.17, 15) is 4.79 Å². The first-order valence-electron chi connectivity index (χ1n) is 5.43. The minimum absolute atomic E-state index is 0.177. The van der Waals surface area contributed by atoms with Crippen LogP contribution in [0.3, 0.4) is 0 Å². The molecule has 17 heavy (non-hydrogen) atoms. The van der Waals surface area contributed by atoms with E-state index in [1.165, 1.54) is 0 Å². The lowest BCUT2D eigenvalue weighted by Crippen LogP contribution is -2.24. The standard InChI is InChI=1S/C13H18O4/c1-13(2,3)17-12(16)11-5-9(7-14)4-10(6-11)8-15/h4-6,14-15H,7-8H2,1-3H3. The maximum Gasteiger partial charge on any atom is 0.338 e. The molecule has 0 aliphatic carbocycles. The van der Waals surface area contributed by atoms with Crippen molar-refractivity contribution in [3.63, 3.8) is 0 Å². The van der Waals surface area contributed by atoms with E-state index in [1.54, 1.807) is 39.0 Å². The van der Waals surface area contributed by atoms with E-state index in [-0.39, 0.29) is 13.2 Å². The van der Waals surface area contributed by atoms with Gasteiger partial charge in [0.2, 0.25) is 0 Å². The molecule has 0 aromatic heterocycles. The fourth-order valence-electron chi connectivity index (χ4n) is 1.40. The second-order valence-corrected chi connectivity index (χ2v) is 4.86. The number of esters is 1. The summed E-state index contributed by atoms with van der Waals surface area (Å²) in [5.41, 5.74) is 0.941. The lowest BCUT2D eigenvalue weighted by molar-refractivity contribution is 0.00692. The van der Waals surface area contributed by atoms with Crippen LogP contribution in [0.2, 0.25) is 0 Å². The third kappa shape index (κ3) is 4.17. The number of hydrogen-bond acceptors (Lipinski definition) is 4. The highest BCUT2D eigenvalue weighted by Gasteiger charge is 2.18. The highest BCUT2D eigenvalue weighted by atomic mass is 16.6. The van der Waals surface area contributed by atoms with Crippen molar-refractivity contribution in [3.8, 4) is 0 Å². The maximum absolute atomic E-state index is 11.8. The van der Waals surface area contributed by atoms with E-state index in [2.05, 4.69) is 0 Å². The fraction of sp³-hybridized carbons (Fsp3) is 0.462. The smallest absolute Gasteiger partial charge is 0.338 e. The van der Waals surface area contributed by atoms with Crippen LogP contribution >= 0.6 is 0 Å². The molecule has 0 aliphatic heterocycles. The summed E-state index contributed by atoms with van der Waals surface area (Å²) >= 11 is 0. The van der Waals surface area contributed by atoms with E-state index in [1.807, 2.05) is 0 Å². The molecule has 0 spiro atoms. The fourth-order valence-corrected chi connectivity index (χ4v) is 1.40. The van der Waals surface area contributed by atoms with Crippen molar-refractivity contribution in [2.24, 2.45) is 0 Å². The summed E-state index contributed by atoms with van der Waals surface area (Å²) in [6.07, 6.45) is 0. The number of carbonyl (C=O) groups is 1. The quantitative estimate of drug-likeness (QED) is 0.785. The lowest BCUT2D eigenvalue weighted by atomic mass is 10.1. The van der Waals surface area contributed by atoms with Crippen LogP contribution in [0, 0.1) is 0 Å². The van der Waals surface area contributed by atoms with Crippen molar-refractivity contribution in [2.45, 2.75) is 39.6 Å². The molecule has 94 valence electrons. The first-order chi connectivity index (χ1) is 7.85. The number of aliphatic hydroxyl groups is 2. The monoisotopic (exact) mass is 238 g/mol. The van der Waals surface area contributed by atoms with E-state index in [0.717, 1.165) is 0 Å². The molecule has 0 unspecified atom stereocenters. The van der Waals surface area contributed by atoms with Crippen LogP contribution in [0.1, 0.15) is 42.3 Å². The zero-order chi connectivity index (χ0) is 13.1. The Morgan fingerprint density at radius 1 is 1.12 bits per heavy atom. The van der Waals surface area contributed by atoms with Gasteiger partial charge in [0.05, 0.1) is 18.8 Å². The predicted octanol–water partition coefficient (Wildman–Crippen LogP) is 1.63. The van der Waals surface area contributed by atoms with Gasteiger partial charge in [0, 0.05) is 0 Å². The minimum Gasteiger partial charge on any atom is -0.456 e. The summed E-state index contributed by atoms with van der Waals surface area (Å²) in [6.45, 7) is 5.00. The molecule has 4 nitrogen and oxygen atoms in total. The maximum atomic E-state index is 11.8. The topological polar surface area (TPSA) is 66.8 Å². The molecule has 0 amide bonds.